The Morgan fingerprint density at radius 2 is 1.66 bits per heavy atom. The zero-order chi connectivity index (χ0) is 22.1. The number of aromatic hydroxyl groups is 2. The summed E-state index contributed by atoms with van der Waals surface area (Å²) >= 11 is 1.53. The summed E-state index contributed by atoms with van der Waals surface area (Å²) in [6, 6.07) is 19.9. The van der Waals surface area contributed by atoms with Gasteiger partial charge in [0.05, 0.1) is 4.88 Å². The van der Waals surface area contributed by atoms with Crippen LogP contribution in [0.25, 0.3) is 32.7 Å². The SMILES string of the molecule is Cn1nnnc1C=Cc1ccc(Oc2c(-c3ccc(O)cc3)sc3cc(O)ccc23)cc1. The molecule has 2 aromatic heterocycles. The van der Waals surface area contributed by atoms with Gasteiger partial charge in [-0.3, -0.25) is 0 Å². The molecule has 5 rings (SSSR count). The van der Waals surface area contributed by atoms with E-state index in [1.54, 1.807) is 36.0 Å². The lowest BCUT2D eigenvalue weighted by Crippen LogP contribution is -1.93. The van der Waals surface area contributed by atoms with Gasteiger partial charge in [-0.05, 0) is 82.2 Å². The lowest BCUT2D eigenvalue weighted by atomic mass is 10.1. The number of tetrazole rings is 1. The molecule has 0 radical (unpaired) electrons. The van der Waals surface area contributed by atoms with E-state index in [0.717, 1.165) is 26.1 Å². The van der Waals surface area contributed by atoms with Crippen LogP contribution in [0.1, 0.15) is 11.4 Å². The van der Waals surface area contributed by atoms with Crippen molar-refractivity contribution < 1.29 is 14.9 Å². The van der Waals surface area contributed by atoms with E-state index in [2.05, 4.69) is 15.5 Å². The van der Waals surface area contributed by atoms with Crippen molar-refractivity contribution in [2.75, 3.05) is 0 Å². The fourth-order valence-electron chi connectivity index (χ4n) is 3.28. The van der Waals surface area contributed by atoms with Gasteiger partial charge in [-0.2, -0.15) is 0 Å². The zero-order valence-electron chi connectivity index (χ0n) is 17.0. The summed E-state index contributed by atoms with van der Waals surface area (Å²) in [5.41, 5.74) is 1.91. The Morgan fingerprint density at radius 1 is 0.906 bits per heavy atom. The number of phenols is 2. The second kappa shape index (κ2) is 8.16. The van der Waals surface area contributed by atoms with Crippen molar-refractivity contribution in [2.24, 2.45) is 7.05 Å². The predicted octanol–water partition coefficient (Wildman–Crippen LogP) is 5.47. The first-order valence-electron chi connectivity index (χ1n) is 9.80. The first kappa shape index (κ1) is 19.8. The monoisotopic (exact) mass is 442 g/mol. The third-order valence-corrected chi connectivity index (χ3v) is 6.12. The van der Waals surface area contributed by atoms with Crippen molar-refractivity contribution in [3.8, 4) is 33.4 Å². The third-order valence-electron chi connectivity index (χ3n) is 4.94. The summed E-state index contributed by atoms with van der Waals surface area (Å²) in [6.45, 7) is 0. The molecule has 2 N–H and O–H groups in total. The molecule has 2 heterocycles. The van der Waals surface area contributed by atoms with Crippen LogP contribution in [0.15, 0.2) is 66.7 Å². The average Bonchev–Trinajstić information content (AvgIpc) is 3.36. The van der Waals surface area contributed by atoms with Crippen LogP contribution in [0.5, 0.6) is 23.0 Å². The van der Waals surface area contributed by atoms with Gasteiger partial charge in [0.15, 0.2) is 11.6 Å². The van der Waals surface area contributed by atoms with Crippen molar-refractivity contribution in [2.45, 2.75) is 0 Å². The molecular formula is C24H18N4O3S. The Bertz CT molecular complexity index is 1420. The molecule has 0 amide bonds. The van der Waals surface area contributed by atoms with E-state index < -0.39 is 0 Å². The summed E-state index contributed by atoms with van der Waals surface area (Å²) in [5, 5.41) is 31.8. The van der Waals surface area contributed by atoms with Gasteiger partial charge in [0, 0.05) is 17.1 Å². The minimum Gasteiger partial charge on any atom is -0.508 e. The highest BCUT2D eigenvalue weighted by Gasteiger charge is 2.17. The van der Waals surface area contributed by atoms with Crippen LogP contribution in [-0.4, -0.2) is 30.4 Å². The van der Waals surface area contributed by atoms with Crippen LogP contribution in [0.3, 0.4) is 0 Å². The van der Waals surface area contributed by atoms with Crippen molar-refractivity contribution >= 4 is 33.6 Å². The highest BCUT2D eigenvalue weighted by molar-refractivity contribution is 7.22. The maximum absolute atomic E-state index is 9.91. The standard InChI is InChI=1S/C24H18N4O3S/c1-28-22(25-26-27-28)13-4-15-2-10-19(11-3-15)31-23-20-12-9-18(30)14-21(20)32-24(23)16-5-7-17(29)8-6-16/h2-14,29-30H,1H3. The van der Waals surface area contributed by atoms with Gasteiger partial charge in [-0.1, -0.05) is 18.2 Å². The molecular weight excluding hydrogens is 424 g/mol. The Hall–Kier alpha value is -4.17. The average molecular weight is 443 g/mol. The van der Waals surface area contributed by atoms with Crippen LogP contribution in [0, 0.1) is 0 Å². The number of hydrogen-bond donors (Lipinski definition) is 2. The molecule has 7 nitrogen and oxygen atoms in total. The molecule has 32 heavy (non-hydrogen) atoms. The first-order valence-corrected chi connectivity index (χ1v) is 10.6. The second-order valence-electron chi connectivity index (χ2n) is 7.15. The number of nitrogens with zero attached hydrogens (tertiary/aromatic N) is 4. The van der Waals surface area contributed by atoms with Crippen LogP contribution in [0.2, 0.25) is 0 Å². The molecule has 0 bridgehead atoms. The molecule has 5 aromatic rings. The van der Waals surface area contributed by atoms with Crippen molar-refractivity contribution in [3.63, 3.8) is 0 Å². The van der Waals surface area contributed by atoms with E-state index >= 15 is 0 Å². The fraction of sp³-hybridized carbons (Fsp3) is 0.0417. The number of thiophene rings is 1. The van der Waals surface area contributed by atoms with E-state index in [9.17, 15) is 10.2 Å². The molecule has 0 unspecified atom stereocenters. The fourth-order valence-corrected chi connectivity index (χ4v) is 4.45. The highest BCUT2D eigenvalue weighted by atomic mass is 32.1. The molecule has 0 aliphatic heterocycles. The Kier molecular flexibility index (Phi) is 5.04. The Labute approximate surface area is 187 Å². The number of phenolic OH excluding ortho intramolecular Hbond substituents is 2. The number of aromatic nitrogens is 4. The van der Waals surface area contributed by atoms with Crippen molar-refractivity contribution in [3.05, 3.63) is 78.1 Å². The summed E-state index contributed by atoms with van der Waals surface area (Å²) in [7, 11) is 1.78. The topological polar surface area (TPSA) is 93.3 Å². The number of hydrogen-bond acceptors (Lipinski definition) is 7. The molecule has 8 heteroatoms. The quantitative estimate of drug-likeness (QED) is 0.375. The number of fused-ring (bicyclic) bond motifs is 1. The smallest absolute Gasteiger partial charge is 0.174 e. The largest absolute Gasteiger partial charge is 0.508 e. The number of rotatable bonds is 5. The van der Waals surface area contributed by atoms with Crippen molar-refractivity contribution in [1.82, 2.24) is 20.2 Å². The maximum Gasteiger partial charge on any atom is 0.174 e. The summed E-state index contributed by atoms with van der Waals surface area (Å²) in [5.74, 6) is 2.48. The van der Waals surface area contributed by atoms with Gasteiger partial charge in [0.1, 0.15) is 17.2 Å². The molecule has 0 spiro atoms. The van der Waals surface area contributed by atoms with Gasteiger partial charge in [-0.15, -0.1) is 16.4 Å². The van der Waals surface area contributed by atoms with Crippen molar-refractivity contribution in [1.29, 1.82) is 0 Å². The number of ether oxygens (including phenoxy) is 1. The highest BCUT2D eigenvalue weighted by Crippen LogP contribution is 2.47. The molecule has 3 aromatic carbocycles. The van der Waals surface area contributed by atoms with E-state index in [0.29, 0.717) is 17.3 Å². The third kappa shape index (κ3) is 3.91. The van der Waals surface area contributed by atoms with E-state index in [-0.39, 0.29) is 11.5 Å². The molecule has 0 saturated heterocycles. The van der Waals surface area contributed by atoms with Crippen LogP contribution >= 0.6 is 11.3 Å². The van der Waals surface area contributed by atoms with Gasteiger partial charge < -0.3 is 14.9 Å². The number of benzene rings is 3. The van der Waals surface area contributed by atoms with Crippen LogP contribution in [-0.2, 0) is 7.05 Å². The van der Waals surface area contributed by atoms with Gasteiger partial charge in [0.25, 0.3) is 0 Å². The predicted molar refractivity (Wildman–Crippen MR) is 125 cm³/mol. The summed E-state index contributed by atoms with van der Waals surface area (Å²) in [4.78, 5) is 0.921. The normalized spacial score (nSPS) is 11.4. The second-order valence-corrected chi connectivity index (χ2v) is 8.20. The summed E-state index contributed by atoms with van der Waals surface area (Å²) in [6.07, 6.45) is 3.78. The molecule has 158 valence electrons. The molecule has 0 aliphatic rings. The molecule has 0 aliphatic carbocycles. The maximum atomic E-state index is 9.91. The van der Waals surface area contributed by atoms with E-state index in [1.807, 2.05) is 54.6 Å². The lowest BCUT2D eigenvalue weighted by Gasteiger charge is -2.09. The van der Waals surface area contributed by atoms with Gasteiger partial charge in [0.2, 0.25) is 0 Å². The first-order chi connectivity index (χ1) is 15.6. The lowest BCUT2D eigenvalue weighted by molar-refractivity contribution is 0.475. The van der Waals surface area contributed by atoms with E-state index in [4.69, 9.17) is 4.74 Å². The van der Waals surface area contributed by atoms with Crippen LogP contribution in [0.4, 0.5) is 0 Å². The Balaban J connectivity index is 1.48. The Morgan fingerprint density at radius 3 is 2.38 bits per heavy atom. The minimum absolute atomic E-state index is 0.204. The zero-order valence-corrected chi connectivity index (χ0v) is 17.8. The molecule has 0 atom stereocenters. The van der Waals surface area contributed by atoms with Crippen LogP contribution < -0.4 is 4.74 Å². The van der Waals surface area contributed by atoms with Gasteiger partial charge >= 0.3 is 0 Å². The minimum atomic E-state index is 0.204. The molecule has 0 saturated carbocycles. The van der Waals surface area contributed by atoms with E-state index in [1.165, 1.54) is 11.3 Å². The number of aryl methyl sites for hydroxylation is 1. The summed E-state index contributed by atoms with van der Waals surface area (Å²) < 4.78 is 8.83. The molecule has 0 fully saturated rings. The van der Waals surface area contributed by atoms with Gasteiger partial charge in [-0.25, -0.2) is 4.68 Å².